The Balaban J connectivity index is 1.44. The van der Waals surface area contributed by atoms with Crippen LogP contribution >= 0.6 is 0 Å². The highest BCUT2D eigenvalue weighted by atomic mass is 19.1. The highest BCUT2D eigenvalue weighted by Gasteiger charge is 2.40. The topological polar surface area (TPSA) is 89.7 Å². The minimum absolute atomic E-state index is 0.251. The third-order valence-corrected chi connectivity index (χ3v) is 6.88. The molecule has 0 unspecified atom stereocenters. The lowest BCUT2D eigenvalue weighted by atomic mass is 9.79. The summed E-state index contributed by atoms with van der Waals surface area (Å²) in [4.78, 5) is 26.9. The van der Waals surface area contributed by atoms with Gasteiger partial charge >= 0.3 is 0 Å². The first-order valence-corrected chi connectivity index (χ1v) is 11.9. The summed E-state index contributed by atoms with van der Waals surface area (Å²) in [6.45, 7) is 5.86. The van der Waals surface area contributed by atoms with Gasteiger partial charge in [0.25, 0.3) is 5.56 Å². The molecule has 3 aromatic heterocycles. The smallest absolute Gasteiger partial charge is 0.278 e. The first-order chi connectivity index (χ1) is 17.1. The molecule has 1 fully saturated rings. The number of nitrogens with zero attached hydrogens (tertiary/aromatic N) is 5. The van der Waals surface area contributed by atoms with Crippen molar-refractivity contribution in [2.24, 2.45) is 0 Å². The Morgan fingerprint density at radius 2 is 2.09 bits per heavy atom. The number of benzene rings is 1. The Morgan fingerprint density at radius 3 is 2.89 bits per heavy atom. The molecule has 35 heavy (non-hydrogen) atoms. The van der Waals surface area contributed by atoms with Gasteiger partial charge in [-0.15, -0.1) is 6.58 Å². The lowest BCUT2D eigenvalue weighted by molar-refractivity contribution is 0.0559. The minimum Gasteiger partial charge on any atom is -0.324 e. The summed E-state index contributed by atoms with van der Waals surface area (Å²) in [6, 6.07) is 11.5. The number of hydrogen-bond donors (Lipinski definition) is 2. The van der Waals surface area contributed by atoms with Gasteiger partial charge in [-0.05, 0) is 67.6 Å². The van der Waals surface area contributed by atoms with E-state index in [0.717, 1.165) is 31.6 Å². The van der Waals surface area contributed by atoms with Gasteiger partial charge in [-0.2, -0.15) is 4.98 Å². The van der Waals surface area contributed by atoms with E-state index in [2.05, 4.69) is 44.3 Å². The van der Waals surface area contributed by atoms with Gasteiger partial charge in [0.15, 0.2) is 17.1 Å². The van der Waals surface area contributed by atoms with Gasteiger partial charge in [0.1, 0.15) is 5.39 Å². The monoisotopic (exact) mass is 471 g/mol. The molecular formula is C26H26FN7O. The zero-order valence-electron chi connectivity index (χ0n) is 19.3. The van der Waals surface area contributed by atoms with Crippen LogP contribution < -0.4 is 16.2 Å². The molecule has 0 saturated heterocycles. The van der Waals surface area contributed by atoms with Gasteiger partial charge in [0, 0.05) is 18.4 Å². The molecule has 1 aliphatic carbocycles. The lowest BCUT2D eigenvalue weighted by Gasteiger charge is -2.33. The van der Waals surface area contributed by atoms with Crippen LogP contribution in [-0.4, -0.2) is 30.9 Å². The fraction of sp³-hybridized carbons (Fsp3) is 0.308. The Hall–Kier alpha value is -3.85. The molecule has 2 N–H and O–H groups in total. The van der Waals surface area contributed by atoms with E-state index in [1.54, 1.807) is 29.0 Å². The van der Waals surface area contributed by atoms with Crippen molar-refractivity contribution in [3.05, 3.63) is 82.4 Å². The van der Waals surface area contributed by atoms with Crippen LogP contribution in [0.4, 0.5) is 16.0 Å². The van der Waals surface area contributed by atoms with Gasteiger partial charge in [-0.3, -0.25) is 4.79 Å². The Morgan fingerprint density at radius 1 is 1.20 bits per heavy atom. The van der Waals surface area contributed by atoms with Gasteiger partial charge in [-0.1, -0.05) is 18.2 Å². The molecule has 9 heteroatoms. The first-order valence-electron chi connectivity index (χ1n) is 11.9. The number of allylic oxidation sites excluding steroid dienone is 1. The van der Waals surface area contributed by atoms with E-state index in [0.29, 0.717) is 41.3 Å². The molecule has 0 spiro atoms. The first kappa shape index (κ1) is 21.7. The van der Waals surface area contributed by atoms with E-state index < -0.39 is 5.67 Å². The fourth-order valence-corrected chi connectivity index (χ4v) is 4.83. The average Bonchev–Trinajstić information content (AvgIpc) is 3.13. The van der Waals surface area contributed by atoms with Crippen LogP contribution in [0.15, 0.2) is 60.0 Å². The number of pyridine rings is 1. The van der Waals surface area contributed by atoms with Crippen molar-refractivity contribution in [1.29, 1.82) is 0 Å². The molecule has 6 rings (SSSR count). The van der Waals surface area contributed by atoms with Crippen LogP contribution in [0.2, 0.25) is 0 Å². The molecule has 4 aromatic rings. The third-order valence-electron chi connectivity index (χ3n) is 6.88. The van der Waals surface area contributed by atoms with Crippen molar-refractivity contribution < 1.29 is 4.39 Å². The molecule has 1 aliphatic heterocycles. The normalized spacial score (nSPS) is 16.5. The number of nitrogens with one attached hydrogen (secondary N) is 2. The molecule has 1 saturated carbocycles. The van der Waals surface area contributed by atoms with Crippen molar-refractivity contribution in [3.63, 3.8) is 0 Å². The second kappa shape index (κ2) is 8.42. The SMILES string of the molecule is C=CCn1c(=O)c2cnc(Nc3ccc4c(c3)CCNC4)nc2n1-c1cccc(C2(F)CCC2)n1. The predicted octanol–water partition coefficient (Wildman–Crippen LogP) is 3.90. The van der Waals surface area contributed by atoms with Crippen LogP contribution in [0.1, 0.15) is 36.1 Å². The maximum atomic E-state index is 15.1. The second-order valence-electron chi connectivity index (χ2n) is 9.15. The van der Waals surface area contributed by atoms with Gasteiger partial charge in [0.05, 0.1) is 12.2 Å². The van der Waals surface area contributed by atoms with Crippen LogP contribution in [0.3, 0.4) is 0 Å². The van der Waals surface area contributed by atoms with E-state index in [9.17, 15) is 4.79 Å². The van der Waals surface area contributed by atoms with E-state index in [-0.39, 0.29) is 12.1 Å². The van der Waals surface area contributed by atoms with Gasteiger partial charge < -0.3 is 10.6 Å². The second-order valence-corrected chi connectivity index (χ2v) is 9.15. The molecular weight excluding hydrogens is 445 g/mol. The number of hydrogen-bond acceptors (Lipinski definition) is 6. The molecule has 1 aromatic carbocycles. The van der Waals surface area contributed by atoms with Crippen LogP contribution in [-0.2, 0) is 25.2 Å². The molecule has 0 amide bonds. The highest BCUT2D eigenvalue weighted by molar-refractivity contribution is 5.77. The largest absolute Gasteiger partial charge is 0.324 e. The Kier molecular flexibility index (Phi) is 5.21. The third kappa shape index (κ3) is 3.72. The van der Waals surface area contributed by atoms with Crippen molar-refractivity contribution >= 4 is 22.7 Å². The van der Waals surface area contributed by atoms with E-state index in [4.69, 9.17) is 0 Å². The zero-order chi connectivity index (χ0) is 24.0. The fourth-order valence-electron chi connectivity index (χ4n) is 4.83. The molecule has 2 aliphatic rings. The molecule has 178 valence electrons. The molecule has 8 nitrogen and oxygen atoms in total. The van der Waals surface area contributed by atoms with Gasteiger partial charge in [-0.25, -0.2) is 23.7 Å². The number of fused-ring (bicyclic) bond motifs is 2. The van der Waals surface area contributed by atoms with Crippen LogP contribution in [0.5, 0.6) is 0 Å². The quantitative estimate of drug-likeness (QED) is 0.415. The highest BCUT2D eigenvalue weighted by Crippen LogP contribution is 2.44. The van der Waals surface area contributed by atoms with Crippen molar-refractivity contribution in [3.8, 4) is 5.82 Å². The number of anilines is 2. The predicted molar refractivity (Wildman–Crippen MR) is 133 cm³/mol. The van der Waals surface area contributed by atoms with Crippen LogP contribution in [0.25, 0.3) is 16.9 Å². The van der Waals surface area contributed by atoms with E-state index in [1.165, 1.54) is 22.0 Å². The number of rotatable bonds is 6. The summed E-state index contributed by atoms with van der Waals surface area (Å²) < 4.78 is 18.3. The van der Waals surface area contributed by atoms with E-state index >= 15 is 4.39 Å². The molecule has 0 radical (unpaired) electrons. The standard InChI is InChI=1S/C26H26FN7O/c1-2-13-33-24(35)20-16-29-25(30-19-8-7-18-15-28-12-9-17(18)14-19)32-23(20)34(33)22-6-3-5-21(31-22)26(27)10-4-11-26/h2-3,5-8,14,16,28H,1,4,9-13,15H2,(H,29,30,32). The van der Waals surface area contributed by atoms with Crippen LogP contribution in [0, 0.1) is 0 Å². The minimum atomic E-state index is -1.41. The molecule has 0 bridgehead atoms. The van der Waals surface area contributed by atoms with Crippen molar-refractivity contribution in [2.45, 2.75) is 44.4 Å². The summed E-state index contributed by atoms with van der Waals surface area (Å²) >= 11 is 0. The van der Waals surface area contributed by atoms with Crippen molar-refractivity contribution in [2.75, 3.05) is 11.9 Å². The zero-order valence-corrected chi connectivity index (χ0v) is 19.3. The Bertz CT molecular complexity index is 1500. The summed E-state index contributed by atoms with van der Waals surface area (Å²) in [6.07, 6.45) is 5.89. The Labute approximate surface area is 201 Å². The maximum Gasteiger partial charge on any atom is 0.278 e. The number of alkyl halides is 1. The summed E-state index contributed by atoms with van der Waals surface area (Å²) in [5.41, 5.74) is 2.59. The summed E-state index contributed by atoms with van der Waals surface area (Å²) in [5, 5.41) is 7.01. The number of halogens is 1. The maximum absolute atomic E-state index is 15.1. The molecule has 4 heterocycles. The van der Waals surface area contributed by atoms with Crippen molar-refractivity contribution in [1.82, 2.24) is 29.6 Å². The average molecular weight is 472 g/mol. The molecule has 0 atom stereocenters. The lowest BCUT2D eigenvalue weighted by Crippen LogP contribution is -2.30. The van der Waals surface area contributed by atoms with E-state index in [1.807, 2.05) is 6.07 Å². The summed E-state index contributed by atoms with van der Waals surface area (Å²) in [5.74, 6) is 0.805. The summed E-state index contributed by atoms with van der Waals surface area (Å²) in [7, 11) is 0. The number of aromatic nitrogens is 5. The van der Waals surface area contributed by atoms with Gasteiger partial charge in [0.2, 0.25) is 5.95 Å².